The number of rotatable bonds is 9. The molecule has 0 spiro atoms. The molecule has 4 nitrogen and oxygen atoms in total. The molecule has 2 aromatic carbocycles. The van der Waals surface area contributed by atoms with Crippen molar-refractivity contribution in [2.75, 3.05) is 13.1 Å². The Balaban J connectivity index is 1.80. The molecule has 0 N–H and O–H groups in total. The van der Waals surface area contributed by atoms with Gasteiger partial charge in [-0.25, -0.2) is 4.39 Å². The number of halogens is 1. The lowest BCUT2D eigenvalue weighted by atomic mass is 10.1. The van der Waals surface area contributed by atoms with E-state index in [1.807, 2.05) is 61.7 Å². The molecular weight excluding hydrogens is 411 g/mol. The minimum absolute atomic E-state index is 0.0499. The highest BCUT2D eigenvalue weighted by Gasteiger charge is 2.24. The summed E-state index contributed by atoms with van der Waals surface area (Å²) in [4.78, 5) is 30.8. The largest absolute Gasteiger partial charge is 0.332 e. The summed E-state index contributed by atoms with van der Waals surface area (Å²) in [6.45, 7) is 5.29. The van der Waals surface area contributed by atoms with Crippen LogP contribution in [0.3, 0.4) is 0 Å². The molecule has 0 aliphatic rings. The third kappa shape index (κ3) is 6.76. The van der Waals surface area contributed by atoms with Crippen LogP contribution < -0.4 is 0 Å². The van der Waals surface area contributed by atoms with Gasteiger partial charge in [-0.1, -0.05) is 56.3 Å². The van der Waals surface area contributed by atoms with E-state index in [0.29, 0.717) is 19.6 Å². The van der Waals surface area contributed by atoms with Gasteiger partial charge in [0.1, 0.15) is 12.4 Å². The molecule has 3 aromatic rings. The fourth-order valence-corrected chi connectivity index (χ4v) is 4.07. The first-order valence-corrected chi connectivity index (χ1v) is 11.2. The second kappa shape index (κ2) is 10.9. The molecule has 0 bridgehead atoms. The zero-order valence-electron chi connectivity index (χ0n) is 17.8. The average Bonchev–Trinajstić information content (AvgIpc) is 3.26. The normalized spacial score (nSPS) is 10.8. The number of carbonyl (C=O) groups excluding carboxylic acids is 2. The Morgan fingerprint density at radius 2 is 1.71 bits per heavy atom. The third-order valence-corrected chi connectivity index (χ3v) is 5.63. The monoisotopic (exact) mass is 438 g/mol. The summed E-state index contributed by atoms with van der Waals surface area (Å²) in [6, 6.07) is 19.4. The summed E-state index contributed by atoms with van der Waals surface area (Å²) >= 11 is 1.60. The van der Waals surface area contributed by atoms with Crippen LogP contribution in [0.1, 0.15) is 34.6 Å². The lowest BCUT2D eigenvalue weighted by Crippen LogP contribution is -2.43. The van der Waals surface area contributed by atoms with E-state index >= 15 is 0 Å². The van der Waals surface area contributed by atoms with Crippen molar-refractivity contribution in [1.29, 1.82) is 0 Å². The van der Waals surface area contributed by atoms with E-state index in [1.54, 1.807) is 22.3 Å². The Bertz CT molecular complexity index is 990. The highest BCUT2D eigenvalue weighted by Crippen LogP contribution is 2.16. The van der Waals surface area contributed by atoms with E-state index in [1.165, 1.54) is 23.1 Å². The van der Waals surface area contributed by atoms with Crippen molar-refractivity contribution >= 4 is 23.2 Å². The summed E-state index contributed by atoms with van der Waals surface area (Å²) in [5.41, 5.74) is 1.28. The lowest BCUT2D eigenvalue weighted by molar-refractivity contribution is -0.133. The van der Waals surface area contributed by atoms with Gasteiger partial charge in [-0.15, -0.1) is 11.3 Å². The molecule has 0 radical (unpaired) electrons. The maximum atomic E-state index is 13.7. The van der Waals surface area contributed by atoms with Crippen LogP contribution in [0.15, 0.2) is 72.1 Å². The minimum atomic E-state index is -0.468. The first-order valence-electron chi connectivity index (χ1n) is 10.3. The van der Waals surface area contributed by atoms with Crippen LogP contribution in [0.25, 0.3) is 0 Å². The second-order valence-corrected chi connectivity index (χ2v) is 8.94. The molecule has 0 atom stereocenters. The second-order valence-electron chi connectivity index (χ2n) is 7.90. The smallest absolute Gasteiger partial charge is 0.254 e. The van der Waals surface area contributed by atoms with Crippen molar-refractivity contribution < 1.29 is 14.0 Å². The van der Waals surface area contributed by atoms with E-state index in [-0.39, 0.29) is 29.8 Å². The van der Waals surface area contributed by atoms with Crippen molar-refractivity contribution in [3.63, 3.8) is 0 Å². The summed E-state index contributed by atoms with van der Waals surface area (Å²) in [7, 11) is 0. The maximum absolute atomic E-state index is 13.7. The fourth-order valence-electron chi connectivity index (χ4n) is 3.35. The van der Waals surface area contributed by atoms with Gasteiger partial charge < -0.3 is 9.80 Å². The number of thiophene rings is 1. The Labute approximate surface area is 186 Å². The van der Waals surface area contributed by atoms with Gasteiger partial charge in [0.05, 0.1) is 6.54 Å². The van der Waals surface area contributed by atoms with E-state index in [0.717, 1.165) is 10.4 Å². The van der Waals surface area contributed by atoms with Gasteiger partial charge in [0.2, 0.25) is 5.91 Å². The molecule has 2 amide bonds. The molecule has 162 valence electrons. The van der Waals surface area contributed by atoms with E-state index in [2.05, 4.69) is 0 Å². The summed E-state index contributed by atoms with van der Waals surface area (Å²) in [6.07, 6.45) is 0. The first kappa shape index (κ1) is 22.7. The number of hydrogen-bond acceptors (Lipinski definition) is 3. The number of amides is 2. The maximum Gasteiger partial charge on any atom is 0.254 e. The van der Waals surface area contributed by atoms with Gasteiger partial charge >= 0.3 is 0 Å². The third-order valence-electron chi connectivity index (χ3n) is 4.77. The van der Waals surface area contributed by atoms with Crippen LogP contribution in [-0.4, -0.2) is 34.7 Å². The molecule has 0 unspecified atom stereocenters. The number of nitrogens with zero attached hydrogens (tertiary/aromatic N) is 2. The van der Waals surface area contributed by atoms with E-state index in [4.69, 9.17) is 0 Å². The molecule has 0 saturated heterocycles. The quantitative estimate of drug-likeness (QED) is 0.460. The van der Waals surface area contributed by atoms with Crippen LogP contribution in [0, 0.1) is 11.7 Å². The predicted octanol–water partition coefficient (Wildman–Crippen LogP) is 5.21. The van der Waals surface area contributed by atoms with Crippen LogP contribution in [0.4, 0.5) is 4.39 Å². The molecule has 0 fully saturated rings. The number of benzene rings is 2. The first-order chi connectivity index (χ1) is 14.9. The molecule has 0 aliphatic heterocycles. The van der Waals surface area contributed by atoms with Crippen molar-refractivity contribution in [2.24, 2.45) is 5.92 Å². The lowest BCUT2D eigenvalue weighted by Gasteiger charge is -2.29. The topological polar surface area (TPSA) is 40.6 Å². The van der Waals surface area contributed by atoms with Crippen LogP contribution >= 0.6 is 11.3 Å². The zero-order valence-corrected chi connectivity index (χ0v) is 18.6. The predicted molar refractivity (Wildman–Crippen MR) is 122 cm³/mol. The molecule has 3 rings (SSSR count). The van der Waals surface area contributed by atoms with Crippen LogP contribution in [0.5, 0.6) is 0 Å². The Morgan fingerprint density at radius 1 is 0.935 bits per heavy atom. The standard InChI is InChI=1S/C25H27FN2O2S/c1-19(2)15-28(25(30)21-10-6-11-22(26)14-21)18-24(29)27(17-23-12-7-13-31-23)16-20-8-4-3-5-9-20/h3-14,19H,15-18H2,1-2H3. The average molecular weight is 439 g/mol. The molecule has 1 heterocycles. The molecule has 0 saturated carbocycles. The fraction of sp³-hybridized carbons (Fsp3) is 0.280. The molecule has 31 heavy (non-hydrogen) atoms. The van der Waals surface area contributed by atoms with Crippen molar-refractivity contribution in [1.82, 2.24) is 9.80 Å². The van der Waals surface area contributed by atoms with E-state index < -0.39 is 5.82 Å². The van der Waals surface area contributed by atoms with Gasteiger partial charge in [0.25, 0.3) is 5.91 Å². The molecule has 6 heteroatoms. The summed E-state index contributed by atoms with van der Waals surface area (Å²) in [5, 5.41) is 1.99. The van der Waals surface area contributed by atoms with Crippen molar-refractivity contribution in [3.8, 4) is 0 Å². The van der Waals surface area contributed by atoms with E-state index in [9.17, 15) is 14.0 Å². The van der Waals surface area contributed by atoms with Gasteiger partial charge in [0, 0.05) is 23.5 Å². The Kier molecular flexibility index (Phi) is 7.95. The van der Waals surface area contributed by atoms with Gasteiger partial charge in [-0.05, 0) is 41.1 Å². The SMILES string of the molecule is CC(C)CN(CC(=O)N(Cc1ccccc1)Cc1cccs1)C(=O)c1cccc(F)c1. The zero-order chi connectivity index (χ0) is 22.2. The number of hydrogen-bond donors (Lipinski definition) is 0. The van der Waals surface area contributed by atoms with Gasteiger partial charge in [0.15, 0.2) is 0 Å². The minimum Gasteiger partial charge on any atom is -0.332 e. The summed E-state index contributed by atoms with van der Waals surface area (Å²) < 4.78 is 13.7. The Hall–Kier alpha value is -2.99. The van der Waals surface area contributed by atoms with Crippen LogP contribution in [0.2, 0.25) is 0 Å². The van der Waals surface area contributed by atoms with Crippen LogP contribution in [-0.2, 0) is 17.9 Å². The molecule has 1 aromatic heterocycles. The highest BCUT2D eigenvalue weighted by molar-refractivity contribution is 7.09. The van der Waals surface area contributed by atoms with Crippen molar-refractivity contribution in [3.05, 3.63) is 93.9 Å². The van der Waals surface area contributed by atoms with Gasteiger partial charge in [-0.3, -0.25) is 9.59 Å². The highest BCUT2D eigenvalue weighted by atomic mass is 32.1. The van der Waals surface area contributed by atoms with Crippen molar-refractivity contribution in [2.45, 2.75) is 26.9 Å². The number of carbonyl (C=O) groups is 2. The van der Waals surface area contributed by atoms with Gasteiger partial charge in [-0.2, -0.15) is 0 Å². The Morgan fingerprint density at radius 3 is 2.35 bits per heavy atom. The molecular formula is C25H27FN2O2S. The summed E-state index contributed by atoms with van der Waals surface area (Å²) in [5.74, 6) is -0.768. The molecule has 0 aliphatic carbocycles.